The monoisotopic (exact) mass is 382 g/mol. The fraction of sp³-hybridized carbons (Fsp3) is 0.150. The minimum atomic E-state index is -0.430. The standard InChI is InChI=1S/C20H19ClN4O2/c1-12-10-14(21)8-9-16(12)23-18-11-13(2)22-20(25-18)24-17-7-5-4-6-15(17)19(26)27-3/h4-11H,1-3H3,(H2,22,23,24,25). The lowest BCUT2D eigenvalue weighted by Gasteiger charge is -2.13. The van der Waals surface area contributed by atoms with Crippen molar-refractivity contribution in [2.75, 3.05) is 17.7 Å². The van der Waals surface area contributed by atoms with Gasteiger partial charge in [-0.15, -0.1) is 0 Å². The number of para-hydroxylation sites is 1. The van der Waals surface area contributed by atoms with Crippen LogP contribution in [0, 0.1) is 13.8 Å². The van der Waals surface area contributed by atoms with Gasteiger partial charge < -0.3 is 15.4 Å². The molecular formula is C20H19ClN4O2. The van der Waals surface area contributed by atoms with E-state index in [4.69, 9.17) is 16.3 Å². The second-order valence-corrected chi connectivity index (χ2v) is 6.40. The number of ether oxygens (including phenoxy) is 1. The van der Waals surface area contributed by atoms with Crippen molar-refractivity contribution in [2.24, 2.45) is 0 Å². The first kappa shape index (κ1) is 18.7. The molecule has 3 rings (SSSR count). The smallest absolute Gasteiger partial charge is 0.339 e. The van der Waals surface area contributed by atoms with Gasteiger partial charge in [-0.1, -0.05) is 23.7 Å². The van der Waals surface area contributed by atoms with Crippen molar-refractivity contribution in [2.45, 2.75) is 13.8 Å². The zero-order chi connectivity index (χ0) is 19.4. The summed E-state index contributed by atoms with van der Waals surface area (Å²) in [6.45, 7) is 3.84. The van der Waals surface area contributed by atoms with Crippen LogP contribution in [0.3, 0.4) is 0 Å². The van der Waals surface area contributed by atoms with Crippen LogP contribution in [0.2, 0.25) is 5.02 Å². The van der Waals surface area contributed by atoms with Gasteiger partial charge in [0, 0.05) is 22.5 Å². The average Bonchev–Trinajstić information content (AvgIpc) is 2.63. The maximum absolute atomic E-state index is 11.9. The second-order valence-electron chi connectivity index (χ2n) is 5.96. The summed E-state index contributed by atoms with van der Waals surface area (Å²) in [5.74, 6) is 0.576. The largest absolute Gasteiger partial charge is 0.465 e. The molecule has 0 aliphatic rings. The summed E-state index contributed by atoms with van der Waals surface area (Å²) in [5.41, 5.74) is 3.66. The van der Waals surface area contributed by atoms with E-state index in [2.05, 4.69) is 20.6 Å². The van der Waals surface area contributed by atoms with Crippen molar-refractivity contribution in [3.63, 3.8) is 0 Å². The number of hydrogen-bond acceptors (Lipinski definition) is 6. The number of nitrogens with zero attached hydrogens (tertiary/aromatic N) is 2. The van der Waals surface area contributed by atoms with E-state index in [1.807, 2.05) is 44.2 Å². The normalized spacial score (nSPS) is 10.4. The molecule has 0 fully saturated rings. The Bertz CT molecular complexity index is 991. The third-order valence-electron chi connectivity index (χ3n) is 3.88. The van der Waals surface area contributed by atoms with Gasteiger partial charge in [-0.05, 0) is 49.7 Å². The molecule has 0 aliphatic heterocycles. The number of aryl methyl sites for hydroxylation is 2. The SMILES string of the molecule is COC(=O)c1ccccc1Nc1nc(C)cc(Nc2ccc(Cl)cc2C)n1. The van der Waals surface area contributed by atoms with Gasteiger partial charge in [0.2, 0.25) is 5.95 Å². The molecule has 0 saturated heterocycles. The number of esters is 1. The van der Waals surface area contributed by atoms with Crippen LogP contribution >= 0.6 is 11.6 Å². The van der Waals surface area contributed by atoms with Crippen LogP contribution in [-0.4, -0.2) is 23.0 Å². The Morgan fingerprint density at radius 1 is 1.00 bits per heavy atom. The van der Waals surface area contributed by atoms with E-state index in [1.54, 1.807) is 18.2 Å². The van der Waals surface area contributed by atoms with Gasteiger partial charge in [0.15, 0.2) is 0 Å². The molecule has 1 aromatic heterocycles. The number of rotatable bonds is 5. The van der Waals surface area contributed by atoms with E-state index in [1.165, 1.54) is 7.11 Å². The van der Waals surface area contributed by atoms with Crippen molar-refractivity contribution in [3.8, 4) is 0 Å². The summed E-state index contributed by atoms with van der Waals surface area (Å²) in [7, 11) is 1.35. The van der Waals surface area contributed by atoms with Gasteiger partial charge >= 0.3 is 5.97 Å². The first-order valence-corrected chi connectivity index (χ1v) is 8.67. The van der Waals surface area contributed by atoms with Gasteiger partial charge in [0.05, 0.1) is 18.4 Å². The maximum atomic E-state index is 11.9. The molecule has 0 spiro atoms. The number of aromatic nitrogens is 2. The highest BCUT2D eigenvalue weighted by Crippen LogP contribution is 2.25. The topological polar surface area (TPSA) is 76.1 Å². The minimum absolute atomic E-state index is 0.375. The van der Waals surface area contributed by atoms with Gasteiger partial charge in [-0.25, -0.2) is 9.78 Å². The molecular weight excluding hydrogens is 364 g/mol. The van der Waals surface area contributed by atoms with Gasteiger partial charge in [0.25, 0.3) is 0 Å². The van der Waals surface area contributed by atoms with Gasteiger partial charge in [0.1, 0.15) is 5.82 Å². The zero-order valence-electron chi connectivity index (χ0n) is 15.2. The molecule has 1 heterocycles. The molecule has 27 heavy (non-hydrogen) atoms. The van der Waals surface area contributed by atoms with E-state index < -0.39 is 5.97 Å². The number of carbonyl (C=O) groups is 1. The summed E-state index contributed by atoms with van der Waals surface area (Å²) >= 11 is 6.01. The lowest BCUT2D eigenvalue weighted by Crippen LogP contribution is -2.08. The van der Waals surface area contributed by atoms with Crippen LogP contribution in [0.4, 0.5) is 23.1 Å². The molecule has 2 aromatic carbocycles. The summed E-state index contributed by atoms with van der Waals surface area (Å²) < 4.78 is 4.82. The second kappa shape index (κ2) is 8.05. The average molecular weight is 383 g/mol. The molecule has 3 aromatic rings. The van der Waals surface area contributed by atoms with Crippen molar-refractivity contribution in [1.82, 2.24) is 9.97 Å². The lowest BCUT2D eigenvalue weighted by atomic mass is 10.2. The molecule has 0 atom stereocenters. The van der Waals surface area contributed by atoms with Crippen LogP contribution in [0.1, 0.15) is 21.6 Å². The fourth-order valence-corrected chi connectivity index (χ4v) is 2.82. The number of methoxy groups -OCH3 is 1. The Labute approximate surface area is 162 Å². The molecule has 2 N–H and O–H groups in total. The van der Waals surface area contributed by atoms with Crippen molar-refractivity contribution in [3.05, 3.63) is 70.4 Å². The summed E-state index contributed by atoms with van der Waals surface area (Å²) in [6, 6.07) is 14.5. The summed E-state index contributed by atoms with van der Waals surface area (Å²) in [4.78, 5) is 20.8. The third-order valence-corrected chi connectivity index (χ3v) is 4.12. The Balaban J connectivity index is 1.89. The number of halogens is 1. The van der Waals surface area contributed by atoms with Crippen molar-refractivity contribution >= 4 is 40.7 Å². The van der Waals surface area contributed by atoms with E-state index in [-0.39, 0.29) is 0 Å². The zero-order valence-corrected chi connectivity index (χ0v) is 16.0. The van der Waals surface area contributed by atoms with E-state index in [0.29, 0.717) is 28.0 Å². The third kappa shape index (κ3) is 4.54. The molecule has 0 aliphatic carbocycles. The molecule has 6 nitrogen and oxygen atoms in total. The number of carbonyl (C=O) groups excluding carboxylic acids is 1. The molecule has 0 radical (unpaired) electrons. The highest BCUT2D eigenvalue weighted by Gasteiger charge is 2.13. The molecule has 0 amide bonds. The van der Waals surface area contributed by atoms with Crippen LogP contribution in [0.15, 0.2) is 48.5 Å². The number of nitrogens with one attached hydrogen (secondary N) is 2. The first-order chi connectivity index (χ1) is 13.0. The highest BCUT2D eigenvalue weighted by molar-refractivity contribution is 6.30. The Hall–Kier alpha value is -3.12. The Morgan fingerprint density at radius 3 is 2.52 bits per heavy atom. The number of hydrogen-bond donors (Lipinski definition) is 2. The lowest BCUT2D eigenvalue weighted by molar-refractivity contribution is 0.0602. The quantitative estimate of drug-likeness (QED) is 0.603. The highest BCUT2D eigenvalue weighted by atomic mass is 35.5. The molecule has 0 saturated carbocycles. The molecule has 0 unspecified atom stereocenters. The van der Waals surface area contributed by atoms with E-state index in [0.717, 1.165) is 16.9 Å². The Kier molecular flexibility index (Phi) is 5.57. The van der Waals surface area contributed by atoms with Crippen molar-refractivity contribution in [1.29, 1.82) is 0 Å². The molecule has 7 heteroatoms. The van der Waals surface area contributed by atoms with E-state index in [9.17, 15) is 4.79 Å². The first-order valence-electron chi connectivity index (χ1n) is 8.29. The van der Waals surface area contributed by atoms with Crippen LogP contribution in [0.25, 0.3) is 0 Å². The molecule has 0 bridgehead atoms. The van der Waals surface area contributed by atoms with Crippen molar-refractivity contribution < 1.29 is 9.53 Å². The van der Waals surface area contributed by atoms with Crippen LogP contribution in [0.5, 0.6) is 0 Å². The van der Waals surface area contributed by atoms with Crippen LogP contribution in [-0.2, 0) is 4.74 Å². The van der Waals surface area contributed by atoms with Gasteiger partial charge in [-0.2, -0.15) is 4.98 Å². The molecule has 138 valence electrons. The van der Waals surface area contributed by atoms with E-state index >= 15 is 0 Å². The maximum Gasteiger partial charge on any atom is 0.339 e. The number of benzene rings is 2. The fourth-order valence-electron chi connectivity index (χ4n) is 2.59. The minimum Gasteiger partial charge on any atom is -0.465 e. The number of anilines is 4. The van der Waals surface area contributed by atoms with Crippen LogP contribution < -0.4 is 10.6 Å². The Morgan fingerprint density at radius 2 is 1.78 bits per heavy atom. The van der Waals surface area contributed by atoms with Gasteiger partial charge in [-0.3, -0.25) is 0 Å². The predicted molar refractivity (Wildman–Crippen MR) is 107 cm³/mol. The summed E-state index contributed by atoms with van der Waals surface area (Å²) in [6.07, 6.45) is 0. The summed E-state index contributed by atoms with van der Waals surface area (Å²) in [5, 5.41) is 7.05. The predicted octanol–water partition coefficient (Wildman–Crippen LogP) is 5.02.